The number of amides is 1. The largest absolute Gasteiger partial charge is 0.395 e. The standard InChI is InChI=1S/C17H21NO3/c1-13-7-8-16(11-14(13)5-2-3-9-19)18-17(20)15-6-4-10-21-12-15/h7-8,11,15,19H,3-4,6,9-10,12H2,1H3,(H,18,20). The molecule has 1 unspecified atom stereocenters. The van der Waals surface area contributed by atoms with Crippen LogP contribution in [0, 0.1) is 24.7 Å². The van der Waals surface area contributed by atoms with Crippen LogP contribution in [0.1, 0.15) is 30.4 Å². The van der Waals surface area contributed by atoms with Crippen molar-refractivity contribution in [1.29, 1.82) is 0 Å². The first kappa shape index (κ1) is 15.6. The van der Waals surface area contributed by atoms with Gasteiger partial charge in [0, 0.05) is 24.3 Å². The van der Waals surface area contributed by atoms with Gasteiger partial charge >= 0.3 is 0 Å². The Kier molecular flexibility index (Phi) is 5.79. The summed E-state index contributed by atoms with van der Waals surface area (Å²) < 4.78 is 5.34. The van der Waals surface area contributed by atoms with Crippen molar-refractivity contribution in [3.05, 3.63) is 29.3 Å². The number of carbonyl (C=O) groups is 1. The van der Waals surface area contributed by atoms with Crippen LogP contribution < -0.4 is 5.32 Å². The van der Waals surface area contributed by atoms with E-state index >= 15 is 0 Å². The number of hydrogen-bond donors (Lipinski definition) is 2. The molecule has 0 radical (unpaired) electrons. The van der Waals surface area contributed by atoms with Crippen LogP contribution in [-0.4, -0.2) is 30.8 Å². The Balaban J connectivity index is 2.04. The van der Waals surface area contributed by atoms with Gasteiger partial charge in [0.05, 0.1) is 19.1 Å². The number of carbonyl (C=O) groups excluding carboxylic acids is 1. The van der Waals surface area contributed by atoms with Gasteiger partial charge in [-0.25, -0.2) is 0 Å². The summed E-state index contributed by atoms with van der Waals surface area (Å²) in [5.41, 5.74) is 2.69. The smallest absolute Gasteiger partial charge is 0.229 e. The van der Waals surface area contributed by atoms with Gasteiger partial charge in [-0.15, -0.1) is 0 Å². The molecule has 1 amide bonds. The van der Waals surface area contributed by atoms with Crippen LogP contribution in [0.4, 0.5) is 5.69 Å². The minimum Gasteiger partial charge on any atom is -0.395 e. The van der Waals surface area contributed by atoms with Crippen LogP contribution in [-0.2, 0) is 9.53 Å². The van der Waals surface area contributed by atoms with Gasteiger partial charge in [0.25, 0.3) is 0 Å². The minimum atomic E-state index is -0.0658. The number of hydrogen-bond acceptors (Lipinski definition) is 3. The number of ether oxygens (including phenoxy) is 1. The molecule has 2 rings (SSSR count). The monoisotopic (exact) mass is 287 g/mol. The Morgan fingerprint density at radius 2 is 2.38 bits per heavy atom. The van der Waals surface area contributed by atoms with Crippen molar-refractivity contribution in [2.75, 3.05) is 25.1 Å². The molecule has 112 valence electrons. The molecule has 21 heavy (non-hydrogen) atoms. The average Bonchev–Trinajstić information content (AvgIpc) is 2.51. The van der Waals surface area contributed by atoms with E-state index in [4.69, 9.17) is 9.84 Å². The van der Waals surface area contributed by atoms with E-state index in [0.717, 1.165) is 36.3 Å². The van der Waals surface area contributed by atoms with Crippen LogP contribution in [0.25, 0.3) is 0 Å². The second-order valence-corrected chi connectivity index (χ2v) is 5.21. The number of benzene rings is 1. The quantitative estimate of drug-likeness (QED) is 0.837. The van der Waals surface area contributed by atoms with E-state index in [1.807, 2.05) is 25.1 Å². The molecule has 1 aromatic carbocycles. The summed E-state index contributed by atoms with van der Waals surface area (Å²) >= 11 is 0. The van der Waals surface area contributed by atoms with Gasteiger partial charge in [0.1, 0.15) is 0 Å². The number of anilines is 1. The van der Waals surface area contributed by atoms with E-state index in [1.165, 1.54) is 0 Å². The average molecular weight is 287 g/mol. The summed E-state index contributed by atoms with van der Waals surface area (Å²) in [4.78, 5) is 12.2. The van der Waals surface area contributed by atoms with Crippen molar-refractivity contribution < 1.29 is 14.6 Å². The van der Waals surface area contributed by atoms with Crippen LogP contribution in [0.15, 0.2) is 18.2 Å². The molecular formula is C17H21NO3. The van der Waals surface area contributed by atoms with E-state index in [-0.39, 0.29) is 18.4 Å². The molecule has 1 aromatic rings. The summed E-state index contributed by atoms with van der Waals surface area (Å²) in [6.45, 7) is 3.29. The highest BCUT2D eigenvalue weighted by Gasteiger charge is 2.21. The Labute approximate surface area is 125 Å². The van der Waals surface area contributed by atoms with Crippen molar-refractivity contribution in [2.24, 2.45) is 5.92 Å². The first-order valence-corrected chi connectivity index (χ1v) is 7.29. The fourth-order valence-corrected chi connectivity index (χ4v) is 2.24. The zero-order valence-electron chi connectivity index (χ0n) is 12.3. The van der Waals surface area contributed by atoms with Crippen LogP contribution in [0.3, 0.4) is 0 Å². The fourth-order valence-electron chi connectivity index (χ4n) is 2.24. The Morgan fingerprint density at radius 3 is 3.10 bits per heavy atom. The zero-order chi connectivity index (χ0) is 15.1. The van der Waals surface area contributed by atoms with Gasteiger partial charge in [-0.05, 0) is 37.5 Å². The summed E-state index contributed by atoms with van der Waals surface area (Å²) in [5, 5.41) is 11.7. The molecule has 1 heterocycles. The van der Waals surface area contributed by atoms with E-state index in [0.29, 0.717) is 13.0 Å². The normalized spacial score (nSPS) is 17.7. The molecule has 4 nitrogen and oxygen atoms in total. The van der Waals surface area contributed by atoms with E-state index in [2.05, 4.69) is 17.2 Å². The number of aliphatic hydroxyl groups excluding tert-OH is 1. The van der Waals surface area contributed by atoms with Gasteiger partial charge in [-0.3, -0.25) is 4.79 Å². The van der Waals surface area contributed by atoms with Crippen molar-refractivity contribution in [3.8, 4) is 11.8 Å². The molecule has 1 aliphatic rings. The lowest BCUT2D eigenvalue weighted by molar-refractivity contribution is -0.123. The lowest BCUT2D eigenvalue weighted by Crippen LogP contribution is -2.30. The highest BCUT2D eigenvalue weighted by atomic mass is 16.5. The number of aryl methyl sites for hydroxylation is 1. The molecule has 1 atom stereocenters. The van der Waals surface area contributed by atoms with Gasteiger partial charge < -0.3 is 15.2 Å². The topological polar surface area (TPSA) is 58.6 Å². The molecule has 1 fully saturated rings. The second kappa shape index (κ2) is 7.82. The van der Waals surface area contributed by atoms with Gasteiger partial charge in [0.2, 0.25) is 5.91 Å². The van der Waals surface area contributed by atoms with Crippen LogP contribution in [0.5, 0.6) is 0 Å². The highest BCUT2D eigenvalue weighted by molar-refractivity contribution is 5.92. The summed E-state index contributed by atoms with van der Waals surface area (Å²) in [6.07, 6.45) is 2.26. The summed E-state index contributed by atoms with van der Waals surface area (Å²) in [6, 6.07) is 5.70. The number of nitrogens with one attached hydrogen (secondary N) is 1. The first-order chi connectivity index (χ1) is 10.2. The fraction of sp³-hybridized carbons (Fsp3) is 0.471. The minimum absolute atomic E-state index is 0.00724. The third-order valence-corrected chi connectivity index (χ3v) is 3.50. The first-order valence-electron chi connectivity index (χ1n) is 7.29. The molecule has 4 heteroatoms. The maximum absolute atomic E-state index is 12.2. The maximum atomic E-state index is 12.2. The Morgan fingerprint density at radius 1 is 1.52 bits per heavy atom. The van der Waals surface area contributed by atoms with E-state index < -0.39 is 0 Å². The van der Waals surface area contributed by atoms with Crippen molar-refractivity contribution in [2.45, 2.75) is 26.2 Å². The van der Waals surface area contributed by atoms with Crippen molar-refractivity contribution >= 4 is 11.6 Å². The summed E-state index contributed by atoms with van der Waals surface area (Å²) in [7, 11) is 0. The molecule has 2 N–H and O–H groups in total. The molecule has 0 aliphatic carbocycles. The van der Waals surface area contributed by atoms with Gasteiger partial charge in [0.15, 0.2) is 0 Å². The van der Waals surface area contributed by atoms with Crippen molar-refractivity contribution in [1.82, 2.24) is 0 Å². The lowest BCUT2D eigenvalue weighted by atomic mass is 10.0. The highest BCUT2D eigenvalue weighted by Crippen LogP contribution is 2.18. The second-order valence-electron chi connectivity index (χ2n) is 5.21. The molecule has 1 saturated heterocycles. The zero-order valence-corrected chi connectivity index (χ0v) is 12.3. The molecular weight excluding hydrogens is 266 g/mol. The van der Waals surface area contributed by atoms with Gasteiger partial charge in [-0.2, -0.15) is 0 Å². The maximum Gasteiger partial charge on any atom is 0.229 e. The molecule has 0 bridgehead atoms. The third-order valence-electron chi connectivity index (χ3n) is 3.50. The molecule has 0 aromatic heterocycles. The Hall–Kier alpha value is -1.83. The van der Waals surface area contributed by atoms with Crippen LogP contribution >= 0.6 is 0 Å². The number of rotatable bonds is 3. The molecule has 0 saturated carbocycles. The molecule has 1 aliphatic heterocycles. The van der Waals surface area contributed by atoms with Crippen molar-refractivity contribution in [3.63, 3.8) is 0 Å². The lowest BCUT2D eigenvalue weighted by Gasteiger charge is -2.21. The predicted octanol–water partition coefficient (Wildman–Crippen LogP) is 2.09. The third kappa shape index (κ3) is 4.59. The SMILES string of the molecule is Cc1ccc(NC(=O)C2CCCOC2)cc1C#CCCO. The van der Waals surface area contributed by atoms with E-state index in [9.17, 15) is 4.79 Å². The number of aliphatic hydroxyl groups is 1. The summed E-state index contributed by atoms with van der Waals surface area (Å²) in [5.74, 6) is 5.87. The Bertz CT molecular complexity index is 551. The molecule has 0 spiro atoms. The van der Waals surface area contributed by atoms with E-state index in [1.54, 1.807) is 0 Å². The predicted molar refractivity (Wildman–Crippen MR) is 81.9 cm³/mol. The van der Waals surface area contributed by atoms with Crippen LogP contribution in [0.2, 0.25) is 0 Å². The van der Waals surface area contributed by atoms with Gasteiger partial charge in [-0.1, -0.05) is 17.9 Å².